The van der Waals surface area contributed by atoms with Gasteiger partial charge in [0, 0.05) is 6.61 Å². The lowest BCUT2D eigenvalue weighted by molar-refractivity contribution is -0.190. The molecular formula is C20H17F2N3O2. The van der Waals surface area contributed by atoms with Gasteiger partial charge in [-0.05, 0) is 43.2 Å². The number of benzene rings is 2. The van der Waals surface area contributed by atoms with E-state index in [-0.39, 0.29) is 23.6 Å². The predicted molar refractivity (Wildman–Crippen MR) is 94.8 cm³/mol. The molecule has 0 amide bonds. The van der Waals surface area contributed by atoms with Gasteiger partial charge in [0.1, 0.15) is 17.4 Å². The highest BCUT2D eigenvalue weighted by molar-refractivity contribution is 5.45. The predicted octanol–water partition coefficient (Wildman–Crippen LogP) is 3.72. The van der Waals surface area contributed by atoms with Gasteiger partial charge >= 0.3 is 6.11 Å². The number of aliphatic hydroxyl groups excluding tert-OH is 1. The number of aliphatic hydroxyl groups is 1. The molecule has 7 heteroatoms. The highest BCUT2D eigenvalue weighted by Gasteiger charge is 2.43. The maximum absolute atomic E-state index is 15.0. The van der Waals surface area contributed by atoms with Crippen LogP contribution in [-0.4, -0.2) is 21.5 Å². The molecule has 3 rings (SSSR count). The van der Waals surface area contributed by atoms with Gasteiger partial charge < -0.3 is 9.84 Å². The first-order valence-electron chi connectivity index (χ1n) is 8.28. The topological polar surface area (TPSA) is 71.1 Å². The fourth-order valence-corrected chi connectivity index (χ4v) is 2.74. The normalized spacial score (nSPS) is 11.2. The molecule has 0 saturated heterocycles. The Bertz CT molecular complexity index is 961. The molecule has 0 aliphatic heterocycles. The highest BCUT2D eigenvalue weighted by atomic mass is 19.3. The van der Waals surface area contributed by atoms with Crippen molar-refractivity contribution in [1.29, 1.82) is 5.26 Å². The quantitative estimate of drug-likeness (QED) is 0.719. The number of hydrogen-bond acceptors (Lipinski definition) is 4. The molecule has 0 aliphatic carbocycles. The third kappa shape index (κ3) is 3.81. The van der Waals surface area contributed by atoms with Crippen LogP contribution < -0.4 is 4.74 Å². The van der Waals surface area contributed by atoms with Crippen molar-refractivity contribution < 1.29 is 18.6 Å². The maximum Gasteiger partial charge on any atom is 0.445 e. The van der Waals surface area contributed by atoms with E-state index in [2.05, 4.69) is 5.10 Å². The van der Waals surface area contributed by atoms with Gasteiger partial charge in [-0.25, -0.2) is 4.68 Å². The van der Waals surface area contributed by atoms with Crippen LogP contribution in [0.2, 0.25) is 0 Å². The molecule has 0 atom stereocenters. The largest absolute Gasteiger partial charge is 0.445 e. The monoisotopic (exact) mass is 369 g/mol. The van der Waals surface area contributed by atoms with Crippen molar-refractivity contribution in [3.05, 3.63) is 77.1 Å². The zero-order chi connectivity index (χ0) is 19.4. The van der Waals surface area contributed by atoms with E-state index in [1.807, 2.05) is 0 Å². The van der Waals surface area contributed by atoms with Gasteiger partial charge in [0.15, 0.2) is 5.69 Å². The minimum absolute atomic E-state index is 0.0303. The number of rotatable bonds is 6. The lowest BCUT2D eigenvalue weighted by atomic mass is 10.1. The van der Waals surface area contributed by atoms with Gasteiger partial charge in [-0.3, -0.25) is 0 Å². The van der Waals surface area contributed by atoms with Crippen LogP contribution in [0.5, 0.6) is 5.75 Å². The number of nitriles is 1. The lowest BCUT2D eigenvalue weighted by Crippen LogP contribution is -2.26. The van der Waals surface area contributed by atoms with Crippen LogP contribution in [0.1, 0.15) is 22.5 Å². The molecule has 3 aromatic rings. The Kier molecular flexibility index (Phi) is 5.19. The molecule has 138 valence electrons. The van der Waals surface area contributed by atoms with Crippen LogP contribution in [-0.2, 0) is 12.5 Å². The zero-order valence-electron chi connectivity index (χ0n) is 14.6. The standard InChI is InChI=1S/C20H17F2N3O2/c1-14-18(13-23)19(25(24-14)16-5-3-2-4-6-16)20(21,22)27-17-9-7-15(8-10-17)11-12-26/h2-10,26H,11-12H2,1H3. The molecule has 1 heterocycles. The summed E-state index contributed by atoms with van der Waals surface area (Å²) in [5, 5.41) is 22.4. The van der Waals surface area contributed by atoms with Gasteiger partial charge in [-0.2, -0.15) is 19.1 Å². The summed E-state index contributed by atoms with van der Waals surface area (Å²) in [6, 6.07) is 16.2. The SMILES string of the molecule is Cc1nn(-c2ccccc2)c(C(F)(F)Oc2ccc(CCO)cc2)c1C#N. The smallest absolute Gasteiger partial charge is 0.428 e. The van der Waals surface area contributed by atoms with Crippen LogP contribution in [0.15, 0.2) is 54.6 Å². The second-order valence-corrected chi connectivity index (χ2v) is 5.90. The average molecular weight is 369 g/mol. The molecule has 0 fully saturated rings. The zero-order valence-corrected chi connectivity index (χ0v) is 14.6. The van der Waals surface area contributed by atoms with Crippen molar-refractivity contribution in [1.82, 2.24) is 9.78 Å². The van der Waals surface area contributed by atoms with Crippen molar-refractivity contribution in [3.63, 3.8) is 0 Å². The summed E-state index contributed by atoms with van der Waals surface area (Å²) < 4.78 is 36.0. The number of alkyl halides is 2. The third-order valence-electron chi connectivity index (χ3n) is 4.02. The third-order valence-corrected chi connectivity index (χ3v) is 4.02. The molecule has 27 heavy (non-hydrogen) atoms. The number of nitrogens with zero attached hydrogens (tertiary/aromatic N) is 3. The number of aryl methyl sites for hydroxylation is 1. The molecule has 0 saturated carbocycles. The first kappa shape index (κ1) is 18.5. The van der Waals surface area contributed by atoms with Crippen molar-refractivity contribution in [2.24, 2.45) is 0 Å². The Morgan fingerprint density at radius 1 is 1.15 bits per heavy atom. The second-order valence-electron chi connectivity index (χ2n) is 5.90. The molecular weight excluding hydrogens is 352 g/mol. The second kappa shape index (κ2) is 7.56. The molecule has 0 spiro atoms. The van der Waals surface area contributed by atoms with Crippen molar-refractivity contribution >= 4 is 0 Å². The number of halogens is 2. The molecule has 0 aliphatic rings. The Hall–Kier alpha value is -3.24. The Labute approximate surface area is 155 Å². The minimum atomic E-state index is -3.78. The minimum Gasteiger partial charge on any atom is -0.428 e. The van der Waals surface area contributed by atoms with Gasteiger partial charge in [0.05, 0.1) is 11.4 Å². The Balaban J connectivity index is 2.02. The van der Waals surface area contributed by atoms with Crippen molar-refractivity contribution in [3.8, 4) is 17.5 Å². The van der Waals surface area contributed by atoms with E-state index in [9.17, 15) is 5.26 Å². The maximum atomic E-state index is 15.0. The van der Waals surface area contributed by atoms with Gasteiger partial charge in [-0.1, -0.05) is 30.3 Å². The van der Waals surface area contributed by atoms with Crippen molar-refractivity contribution in [2.75, 3.05) is 6.61 Å². The summed E-state index contributed by atoms with van der Waals surface area (Å²) in [6.07, 6.45) is -3.35. The molecule has 2 aromatic carbocycles. The molecule has 0 bridgehead atoms. The van der Waals surface area contributed by atoms with E-state index in [0.717, 1.165) is 10.2 Å². The average Bonchev–Trinajstić information content (AvgIpc) is 3.01. The summed E-state index contributed by atoms with van der Waals surface area (Å²) in [7, 11) is 0. The molecule has 0 radical (unpaired) electrons. The number of para-hydroxylation sites is 1. The van der Waals surface area contributed by atoms with Crippen LogP contribution >= 0.6 is 0 Å². The van der Waals surface area contributed by atoms with E-state index >= 15 is 8.78 Å². The van der Waals surface area contributed by atoms with E-state index < -0.39 is 11.8 Å². The summed E-state index contributed by atoms with van der Waals surface area (Å²) >= 11 is 0. The van der Waals surface area contributed by atoms with Crippen LogP contribution in [0.25, 0.3) is 5.69 Å². The Morgan fingerprint density at radius 3 is 2.41 bits per heavy atom. The first-order chi connectivity index (χ1) is 13.0. The molecule has 1 N–H and O–H groups in total. The summed E-state index contributed by atoms with van der Waals surface area (Å²) in [4.78, 5) is 0. The van der Waals surface area contributed by atoms with Crippen molar-refractivity contribution in [2.45, 2.75) is 19.5 Å². The van der Waals surface area contributed by atoms with Gasteiger partial charge in [-0.15, -0.1) is 0 Å². The van der Waals surface area contributed by atoms with Gasteiger partial charge in [0.25, 0.3) is 0 Å². The first-order valence-corrected chi connectivity index (χ1v) is 8.28. The van der Waals surface area contributed by atoms with Gasteiger partial charge in [0.2, 0.25) is 0 Å². The van der Waals surface area contributed by atoms with Crippen LogP contribution in [0.4, 0.5) is 8.78 Å². The number of ether oxygens (including phenoxy) is 1. The summed E-state index contributed by atoms with van der Waals surface area (Å²) in [5.41, 5.74) is 0.557. The number of hydrogen-bond donors (Lipinski definition) is 1. The van der Waals surface area contributed by atoms with E-state index in [1.54, 1.807) is 48.5 Å². The molecule has 1 aromatic heterocycles. The lowest BCUT2D eigenvalue weighted by Gasteiger charge is -2.20. The van der Waals surface area contributed by atoms with E-state index in [0.29, 0.717) is 12.1 Å². The summed E-state index contributed by atoms with van der Waals surface area (Å²) in [6.45, 7) is 1.47. The number of aromatic nitrogens is 2. The fraction of sp³-hybridized carbons (Fsp3) is 0.200. The molecule has 5 nitrogen and oxygen atoms in total. The Morgan fingerprint density at radius 2 is 1.81 bits per heavy atom. The summed E-state index contributed by atoms with van der Waals surface area (Å²) in [5.74, 6) is -0.0518. The highest BCUT2D eigenvalue weighted by Crippen LogP contribution is 2.36. The van der Waals surface area contributed by atoms with Crippen LogP contribution in [0.3, 0.4) is 0 Å². The molecule has 0 unspecified atom stereocenters. The fourth-order valence-electron chi connectivity index (χ4n) is 2.74. The van der Waals surface area contributed by atoms with E-state index in [1.165, 1.54) is 19.1 Å². The van der Waals surface area contributed by atoms with E-state index in [4.69, 9.17) is 9.84 Å². The van der Waals surface area contributed by atoms with Crippen LogP contribution in [0, 0.1) is 18.3 Å².